The quantitative estimate of drug-likeness (QED) is 0.242. The molecule has 0 aromatic heterocycles. The molecule has 0 atom stereocenters. The molecule has 6 rings (SSSR count). The molecule has 0 amide bonds. The summed E-state index contributed by atoms with van der Waals surface area (Å²) in [6.07, 6.45) is 20.1. The van der Waals surface area contributed by atoms with Gasteiger partial charge in [0.15, 0.2) is 0 Å². The summed E-state index contributed by atoms with van der Waals surface area (Å²) in [6, 6.07) is 23.8. The van der Waals surface area contributed by atoms with E-state index in [1.165, 1.54) is 42.2 Å². The van der Waals surface area contributed by atoms with Gasteiger partial charge in [-0.25, -0.2) is 0 Å². The Hall–Kier alpha value is -3.78. The average Bonchev–Trinajstić information content (AvgIpc) is 3.74. The second-order valence-corrected chi connectivity index (χ2v) is 10.6. The van der Waals surface area contributed by atoms with E-state index >= 15 is 0 Å². The van der Waals surface area contributed by atoms with Gasteiger partial charge in [-0.2, -0.15) is 0 Å². The van der Waals surface area contributed by atoms with Crippen LogP contribution in [0.15, 0.2) is 109 Å². The molecule has 0 spiro atoms. The maximum Gasteiger partial charge on any atom is 0.123 e. The van der Waals surface area contributed by atoms with Crippen molar-refractivity contribution < 1.29 is 10.2 Å². The molecule has 0 saturated heterocycles. The van der Waals surface area contributed by atoms with Crippen LogP contribution in [0.3, 0.4) is 0 Å². The van der Waals surface area contributed by atoms with Crippen molar-refractivity contribution in [3.05, 3.63) is 120 Å². The molecule has 224 valence electrons. The summed E-state index contributed by atoms with van der Waals surface area (Å²) in [5, 5.41) is 23.9. The summed E-state index contributed by atoms with van der Waals surface area (Å²) in [5.41, 5.74) is 2.65. The number of benzene rings is 4. The normalized spacial score (nSPS) is 13.4. The highest BCUT2D eigenvalue weighted by molar-refractivity contribution is 5.91. The summed E-state index contributed by atoms with van der Waals surface area (Å²) in [6.45, 7) is 12.5. The van der Waals surface area contributed by atoms with E-state index in [0.29, 0.717) is 17.4 Å². The molecule has 2 N–H and O–H groups in total. The molecule has 0 aliphatic heterocycles. The van der Waals surface area contributed by atoms with Crippen molar-refractivity contribution in [3.63, 3.8) is 0 Å². The zero-order valence-electron chi connectivity index (χ0n) is 26.7. The highest BCUT2D eigenvalue weighted by Crippen LogP contribution is 2.32. The molecule has 0 saturated carbocycles. The van der Waals surface area contributed by atoms with E-state index in [9.17, 15) is 10.2 Å². The molecule has 0 bridgehead atoms. The van der Waals surface area contributed by atoms with E-state index in [-0.39, 0.29) is 0 Å². The first-order valence-electron chi connectivity index (χ1n) is 15.9. The van der Waals surface area contributed by atoms with Crippen LogP contribution in [0.4, 0.5) is 0 Å². The summed E-state index contributed by atoms with van der Waals surface area (Å²) < 4.78 is 0. The molecule has 2 aliphatic rings. The van der Waals surface area contributed by atoms with Crippen LogP contribution >= 0.6 is 0 Å². The van der Waals surface area contributed by atoms with Crippen molar-refractivity contribution in [1.29, 1.82) is 0 Å². The average molecular weight is 565 g/mol. The van der Waals surface area contributed by atoms with Crippen LogP contribution in [0.1, 0.15) is 78.4 Å². The van der Waals surface area contributed by atoms with Crippen molar-refractivity contribution in [1.82, 2.24) is 0 Å². The molecule has 0 unspecified atom stereocenters. The molecule has 0 heterocycles. The van der Waals surface area contributed by atoms with E-state index in [1.54, 1.807) is 6.07 Å². The van der Waals surface area contributed by atoms with Crippen molar-refractivity contribution in [2.75, 3.05) is 0 Å². The summed E-state index contributed by atoms with van der Waals surface area (Å²) in [7, 11) is 0. The first-order valence-corrected chi connectivity index (χ1v) is 15.9. The summed E-state index contributed by atoms with van der Waals surface area (Å²) in [5.74, 6) is 1.97. The Kier molecular flexibility index (Phi) is 15.9. The first-order chi connectivity index (χ1) is 20.5. The molecule has 2 aliphatic carbocycles. The number of hydrogen-bond donors (Lipinski definition) is 2. The monoisotopic (exact) mass is 564 g/mol. The zero-order valence-corrected chi connectivity index (χ0v) is 26.7. The van der Waals surface area contributed by atoms with Gasteiger partial charge in [-0.05, 0) is 71.6 Å². The lowest BCUT2D eigenvalue weighted by Gasteiger charge is -2.12. The Labute approximate surface area is 255 Å². The number of phenols is 2. The van der Waals surface area contributed by atoms with Gasteiger partial charge in [0.1, 0.15) is 11.5 Å². The molecular formula is C40H52O2. The molecular weight excluding hydrogens is 512 g/mol. The molecule has 2 nitrogen and oxygen atoms in total. The predicted molar refractivity (Wildman–Crippen MR) is 186 cm³/mol. The third-order valence-electron chi connectivity index (χ3n) is 6.88. The number of hydrogen-bond acceptors (Lipinski definition) is 2. The van der Waals surface area contributed by atoms with Gasteiger partial charge in [0.05, 0.1) is 0 Å². The van der Waals surface area contributed by atoms with Gasteiger partial charge in [0, 0.05) is 10.8 Å². The van der Waals surface area contributed by atoms with E-state index < -0.39 is 0 Å². The second-order valence-electron chi connectivity index (χ2n) is 10.6. The lowest BCUT2D eigenvalue weighted by Crippen LogP contribution is -1.99. The topological polar surface area (TPSA) is 40.5 Å². The van der Waals surface area contributed by atoms with Crippen LogP contribution in [0, 0.1) is 11.8 Å². The fourth-order valence-corrected chi connectivity index (χ4v) is 5.07. The predicted octanol–water partition coefficient (Wildman–Crippen LogP) is 11.7. The Bertz CT molecular complexity index is 1400. The standard InChI is InChI=1S/C16H16O.C16H14O.2C3H8.C2H6/c2*17-16-10-9-13(11-12-5-1-2-6-12)14-7-3-4-8-15(14)16;2*1-3-2;1-2/h1-4,7-10,12,17H,5-6,11H2;1-10,12,17H,11H2;2*3H2,1-2H3;1-2H3. The Balaban J connectivity index is 0.000000236. The van der Waals surface area contributed by atoms with Crippen molar-refractivity contribution in [2.45, 2.75) is 80.1 Å². The summed E-state index contributed by atoms with van der Waals surface area (Å²) in [4.78, 5) is 0. The van der Waals surface area contributed by atoms with E-state index in [0.717, 1.165) is 34.9 Å². The first kappa shape index (κ1) is 34.4. The highest BCUT2D eigenvalue weighted by Gasteiger charge is 2.13. The molecule has 0 fully saturated rings. The fraction of sp³-hybridized carbons (Fsp3) is 0.350. The van der Waals surface area contributed by atoms with Crippen LogP contribution in [0.2, 0.25) is 0 Å². The Morgan fingerprint density at radius 3 is 1.36 bits per heavy atom. The minimum absolute atomic E-state index is 0.363. The minimum atomic E-state index is 0.363. The number of allylic oxidation sites excluding steroid dienone is 6. The molecule has 4 aromatic carbocycles. The smallest absolute Gasteiger partial charge is 0.123 e. The second kappa shape index (κ2) is 19.4. The maximum atomic E-state index is 9.84. The van der Waals surface area contributed by atoms with E-state index in [4.69, 9.17) is 0 Å². The van der Waals surface area contributed by atoms with Gasteiger partial charge < -0.3 is 10.2 Å². The highest BCUT2D eigenvalue weighted by atomic mass is 16.3. The number of rotatable bonds is 4. The summed E-state index contributed by atoms with van der Waals surface area (Å²) >= 11 is 0. The molecule has 0 radical (unpaired) electrons. The van der Waals surface area contributed by atoms with Gasteiger partial charge in [0.2, 0.25) is 0 Å². The minimum Gasteiger partial charge on any atom is -0.507 e. The SMILES string of the molecule is CC.CCC.CCC.Oc1ccc(CC2C=CC=C2)c2ccccc12.Oc1ccc(CC2CC=CC2)c2ccccc12. The van der Waals surface area contributed by atoms with E-state index in [1.807, 2.05) is 62.4 Å². The van der Waals surface area contributed by atoms with E-state index in [2.05, 4.69) is 82.4 Å². The van der Waals surface area contributed by atoms with Crippen LogP contribution < -0.4 is 0 Å². The fourth-order valence-electron chi connectivity index (χ4n) is 5.07. The number of phenolic OH excluding ortho intramolecular Hbond substituents is 2. The van der Waals surface area contributed by atoms with Gasteiger partial charge >= 0.3 is 0 Å². The van der Waals surface area contributed by atoms with Gasteiger partial charge in [-0.1, -0.05) is 152 Å². The number of aromatic hydroxyl groups is 2. The Morgan fingerprint density at radius 2 is 0.929 bits per heavy atom. The van der Waals surface area contributed by atoms with Crippen molar-refractivity contribution >= 4 is 21.5 Å². The largest absolute Gasteiger partial charge is 0.507 e. The van der Waals surface area contributed by atoms with Crippen LogP contribution in [0.5, 0.6) is 11.5 Å². The lowest BCUT2D eigenvalue weighted by atomic mass is 9.93. The van der Waals surface area contributed by atoms with Crippen molar-refractivity contribution in [2.24, 2.45) is 11.8 Å². The maximum absolute atomic E-state index is 9.84. The number of fused-ring (bicyclic) bond motifs is 2. The van der Waals surface area contributed by atoms with Crippen LogP contribution in [-0.2, 0) is 12.8 Å². The van der Waals surface area contributed by atoms with Crippen molar-refractivity contribution in [3.8, 4) is 11.5 Å². The van der Waals surface area contributed by atoms with Crippen LogP contribution in [0.25, 0.3) is 21.5 Å². The molecule has 42 heavy (non-hydrogen) atoms. The van der Waals surface area contributed by atoms with Gasteiger partial charge in [-0.15, -0.1) is 0 Å². The van der Waals surface area contributed by atoms with Gasteiger partial charge in [0.25, 0.3) is 0 Å². The third kappa shape index (κ3) is 10.2. The third-order valence-corrected chi connectivity index (χ3v) is 6.88. The van der Waals surface area contributed by atoms with Crippen LogP contribution in [-0.4, -0.2) is 10.2 Å². The Morgan fingerprint density at radius 1 is 0.548 bits per heavy atom. The zero-order chi connectivity index (χ0) is 30.7. The van der Waals surface area contributed by atoms with Gasteiger partial charge in [-0.3, -0.25) is 0 Å². The molecule has 4 aromatic rings. The lowest BCUT2D eigenvalue weighted by molar-refractivity contribution is 0.481. The molecule has 2 heteroatoms.